The van der Waals surface area contributed by atoms with Crippen molar-refractivity contribution in [3.63, 3.8) is 0 Å². The van der Waals surface area contributed by atoms with Crippen LogP contribution in [0.2, 0.25) is 0 Å². The Labute approximate surface area is 140 Å². The molecular weight excluding hydrogens is 312 g/mol. The summed E-state index contributed by atoms with van der Waals surface area (Å²) in [6.07, 6.45) is 0. The second-order valence-corrected chi connectivity index (χ2v) is 8.01. The minimum absolute atomic E-state index is 0.0185. The van der Waals surface area contributed by atoms with E-state index in [9.17, 15) is 13.2 Å². The molecule has 1 rings (SSSR count). The van der Waals surface area contributed by atoms with E-state index in [1.54, 1.807) is 26.0 Å². The molecular formula is C17H28N2O3S. The highest BCUT2D eigenvalue weighted by Crippen LogP contribution is 2.20. The molecule has 6 heteroatoms. The number of hydrogen-bond donors (Lipinski definition) is 1. The Morgan fingerprint density at radius 3 is 2.22 bits per heavy atom. The van der Waals surface area contributed by atoms with Crippen molar-refractivity contribution in [3.8, 4) is 0 Å². The van der Waals surface area contributed by atoms with Crippen LogP contribution in [-0.4, -0.2) is 37.8 Å². The first-order valence-corrected chi connectivity index (χ1v) is 9.50. The highest BCUT2D eigenvalue weighted by Gasteiger charge is 2.24. The van der Waals surface area contributed by atoms with E-state index in [-0.39, 0.29) is 16.8 Å². The second-order valence-electron chi connectivity index (χ2n) is 6.07. The van der Waals surface area contributed by atoms with Crippen LogP contribution in [0.5, 0.6) is 0 Å². The standard InChI is InChI=1S/C17H28N2O3S/c1-7-19(8-2)23(21,22)15-10-9-13(5)16(11-15)17(20)18-14(6)12(3)4/h9-12,14H,7-8H2,1-6H3,(H,18,20). The first-order valence-electron chi connectivity index (χ1n) is 8.06. The molecule has 0 heterocycles. The van der Waals surface area contributed by atoms with Crippen molar-refractivity contribution in [1.82, 2.24) is 9.62 Å². The lowest BCUT2D eigenvalue weighted by Gasteiger charge is -2.20. The summed E-state index contributed by atoms with van der Waals surface area (Å²) in [6.45, 7) is 12.2. The fourth-order valence-corrected chi connectivity index (χ4v) is 3.65. The molecule has 0 aromatic heterocycles. The molecule has 0 fully saturated rings. The van der Waals surface area contributed by atoms with E-state index < -0.39 is 10.0 Å². The maximum atomic E-state index is 12.6. The van der Waals surface area contributed by atoms with Gasteiger partial charge in [-0.1, -0.05) is 33.8 Å². The molecule has 1 amide bonds. The molecule has 1 unspecified atom stereocenters. The van der Waals surface area contributed by atoms with Crippen molar-refractivity contribution in [3.05, 3.63) is 29.3 Å². The topological polar surface area (TPSA) is 66.5 Å². The van der Waals surface area contributed by atoms with E-state index in [4.69, 9.17) is 0 Å². The molecule has 0 radical (unpaired) electrons. The van der Waals surface area contributed by atoms with Gasteiger partial charge >= 0.3 is 0 Å². The van der Waals surface area contributed by atoms with Gasteiger partial charge in [-0.3, -0.25) is 4.79 Å². The third-order valence-electron chi connectivity index (χ3n) is 4.16. The quantitative estimate of drug-likeness (QED) is 0.830. The van der Waals surface area contributed by atoms with Crippen molar-refractivity contribution >= 4 is 15.9 Å². The van der Waals surface area contributed by atoms with Crippen molar-refractivity contribution in [1.29, 1.82) is 0 Å². The maximum absolute atomic E-state index is 12.6. The summed E-state index contributed by atoms with van der Waals surface area (Å²) in [5.41, 5.74) is 1.17. The highest BCUT2D eigenvalue weighted by atomic mass is 32.2. The van der Waals surface area contributed by atoms with Gasteiger partial charge in [0.05, 0.1) is 4.90 Å². The molecule has 23 heavy (non-hydrogen) atoms. The molecule has 1 aromatic rings. The molecule has 5 nitrogen and oxygen atoms in total. The fourth-order valence-electron chi connectivity index (χ4n) is 2.17. The predicted molar refractivity (Wildman–Crippen MR) is 93.1 cm³/mol. The smallest absolute Gasteiger partial charge is 0.251 e. The van der Waals surface area contributed by atoms with Crippen molar-refractivity contribution in [2.45, 2.75) is 52.5 Å². The molecule has 0 spiro atoms. The van der Waals surface area contributed by atoms with Crippen LogP contribution in [0.3, 0.4) is 0 Å². The van der Waals surface area contributed by atoms with E-state index >= 15 is 0 Å². The van der Waals surface area contributed by atoms with Crippen molar-refractivity contribution in [2.75, 3.05) is 13.1 Å². The second kappa shape index (κ2) is 7.93. The van der Waals surface area contributed by atoms with Gasteiger partial charge in [0, 0.05) is 24.7 Å². The summed E-state index contributed by atoms with van der Waals surface area (Å²) in [7, 11) is -3.57. The third-order valence-corrected chi connectivity index (χ3v) is 6.20. The van der Waals surface area contributed by atoms with Gasteiger partial charge in [0.15, 0.2) is 0 Å². The zero-order valence-electron chi connectivity index (χ0n) is 14.9. The van der Waals surface area contributed by atoms with Gasteiger partial charge < -0.3 is 5.32 Å². The highest BCUT2D eigenvalue weighted by molar-refractivity contribution is 7.89. The summed E-state index contributed by atoms with van der Waals surface area (Å²) in [5, 5.41) is 2.92. The van der Waals surface area contributed by atoms with E-state index in [1.807, 2.05) is 27.7 Å². The van der Waals surface area contributed by atoms with Crippen LogP contribution in [0.25, 0.3) is 0 Å². The lowest BCUT2D eigenvalue weighted by molar-refractivity contribution is 0.0929. The molecule has 130 valence electrons. The Morgan fingerprint density at radius 1 is 1.17 bits per heavy atom. The number of carbonyl (C=O) groups excluding carboxylic acids is 1. The first kappa shape index (κ1) is 19.6. The average molecular weight is 340 g/mol. The molecule has 1 N–H and O–H groups in total. The monoisotopic (exact) mass is 340 g/mol. The molecule has 0 aliphatic rings. The van der Waals surface area contributed by atoms with Crippen LogP contribution in [0, 0.1) is 12.8 Å². The van der Waals surface area contributed by atoms with Gasteiger partial charge in [-0.25, -0.2) is 8.42 Å². The Hall–Kier alpha value is -1.40. The summed E-state index contributed by atoms with van der Waals surface area (Å²) >= 11 is 0. The van der Waals surface area contributed by atoms with Gasteiger partial charge in [0.2, 0.25) is 10.0 Å². The van der Waals surface area contributed by atoms with Crippen molar-refractivity contribution in [2.24, 2.45) is 5.92 Å². The molecule has 1 aromatic carbocycles. The lowest BCUT2D eigenvalue weighted by Crippen LogP contribution is -2.36. The summed E-state index contributed by atoms with van der Waals surface area (Å²) in [4.78, 5) is 12.6. The number of nitrogens with one attached hydrogen (secondary N) is 1. The van der Waals surface area contributed by atoms with Gasteiger partial charge in [-0.15, -0.1) is 0 Å². The molecule has 1 atom stereocenters. The Bertz CT molecular complexity index is 650. The number of nitrogens with zero attached hydrogens (tertiary/aromatic N) is 1. The zero-order valence-corrected chi connectivity index (χ0v) is 15.7. The van der Waals surface area contributed by atoms with E-state index in [2.05, 4.69) is 5.32 Å². The Morgan fingerprint density at radius 2 is 1.74 bits per heavy atom. The number of carbonyl (C=O) groups is 1. The van der Waals surface area contributed by atoms with E-state index in [1.165, 1.54) is 10.4 Å². The molecule has 0 saturated carbocycles. The first-order chi connectivity index (χ1) is 10.6. The summed E-state index contributed by atoms with van der Waals surface area (Å²) in [6, 6.07) is 4.74. The van der Waals surface area contributed by atoms with Gasteiger partial charge in [-0.05, 0) is 37.5 Å². The number of sulfonamides is 1. The predicted octanol–water partition coefficient (Wildman–Crippen LogP) is 2.80. The van der Waals surface area contributed by atoms with Crippen molar-refractivity contribution < 1.29 is 13.2 Å². The Balaban J connectivity index is 3.21. The zero-order chi connectivity index (χ0) is 17.8. The number of rotatable bonds is 7. The minimum Gasteiger partial charge on any atom is -0.349 e. The van der Waals surface area contributed by atoms with Crippen LogP contribution < -0.4 is 5.32 Å². The van der Waals surface area contributed by atoms with E-state index in [0.717, 1.165) is 5.56 Å². The van der Waals surface area contributed by atoms with Crippen LogP contribution in [0.15, 0.2) is 23.1 Å². The summed E-state index contributed by atoms with van der Waals surface area (Å²) < 4.78 is 26.6. The SMILES string of the molecule is CCN(CC)S(=O)(=O)c1ccc(C)c(C(=O)NC(C)C(C)C)c1. The number of amides is 1. The van der Waals surface area contributed by atoms with Crippen LogP contribution in [-0.2, 0) is 10.0 Å². The van der Waals surface area contributed by atoms with E-state index in [0.29, 0.717) is 24.6 Å². The Kier molecular flexibility index (Phi) is 6.77. The molecule has 0 saturated heterocycles. The van der Waals surface area contributed by atoms with Crippen LogP contribution >= 0.6 is 0 Å². The molecule has 0 aliphatic heterocycles. The number of benzene rings is 1. The third kappa shape index (κ3) is 4.54. The number of aryl methyl sites for hydroxylation is 1. The normalized spacial score (nSPS) is 13.4. The number of hydrogen-bond acceptors (Lipinski definition) is 3. The lowest BCUT2D eigenvalue weighted by atomic mass is 10.0. The van der Waals surface area contributed by atoms with Crippen LogP contribution in [0.4, 0.5) is 0 Å². The largest absolute Gasteiger partial charge is 0.349 e. The average Bonchev–Trinajstić information content (AvgIpc) is 2.48. The fraction of sp³-hybridized carbons (Fsp3) is 0.588. The van der Waals surface area contributed by atoms with Gasteiger partial charge in [0.1, 0.15) is 0 Å². The van der Waals surface area contributed by atoms with Crippen LogP contribution in [0.1, 0.15) is 50.5 Å². The van der Waals surface area contributed by atoms with Gasteiger partial charge in [0.25, 0.3) is 5.91 Å². The minimum atomic E-state index is -3.57. The molecule has 0 aliphatic carbocycles. The van der Waals surface area contributed by atoms with Gasteiger partial charge in [-0.2, -0.15) is 4.31 Å². The maximum Gasteiger partial charge on any atom is 0.251 e. The summed E-state index contributed by atoms with van der Waals surface area (Å²) in [5.74, 6) is 0.0714. The molecule has 0 bridgehead atoms.